The third kappa shape index (κ3) is 12.5. The SMILES string of the molecule is COC1C[C@H](n2cc(/C=C/C(=O)NCCCCCCNC(=O)c3ccc(/N=N/c4ccc(N(C)C)cc4)cc3)c(=O)[nH]c2=O)O[C@@H]1COP(C)(=O)O. The maximum Gasteiger partial charge on any atom is 0.330 e. The van der Waals surface area contributed by atoms with E-state index >= 15 is 0 Å². The van der Waals surface area contributed by atoms with E-state index < -0.39 is 43.2 Å². The van der Waals surface area contributed by atoms with Crippen molar-refractivity contribution in [3.63, 3.8) is 0 Å². The zero-order valence-corrected chi connectivity index (χ0v) is 30.6. The molecule has 280 valence electrons. The number of rotatable bonds is 18. The molecule has 17 heteroatoms. The van der Waals surface area contributed by atoms with Gasteiger partial charge in [0.15, 0.2) is 0 Å². The highest BCUT2D eigenvalue weighted by atomic mass is 31.2. The molecule has 4 rings (SSSR count). The largest absolute Gasteiger partial charge is 0.378 e. The molecule has 16 nitrogen and oxygen atoms in total. The Kier molecular flexibility index (Phi) is 14.8. The molecule has 0 aliphatic carbocycles. The quantitative estimate of drug-likeness (QED) is 0.0631. The number of anilines is 1. The molecular weight excluding hydrogens is 693 g/mol. The minimum absolute atomic E-state index is 0.0610. The Labute approximate surface area is 301 Å². The molecule has 1 aliphatic heterocycles. The molecule has 4 atom stereocenters. The second kappa shape index (κ2) is 19.2. The van der Waals surface area contributed by atoms with Gasteiger partial charge in [0.1, 0.15) is 12.3 Å². The van der Waals surface area contributed by atoms with E-state index in [1.165, 1.54) is 30.0 Å². The normalized spacial score (nSPS) is 18.4. The number of hydrogen-bond acceptors (Lipinski definition) is 11. The highest BCUT2D eigenvalue weighted by Crippen LogP contribution is 2.39. The van der Waals surface area contributed by atoms with Crippen LogP contribution in [0.3, 0.4) is 0 Å². The van der Waals surface area contributed by atoms with Crippen LogP contribution in [0.1, 0.15) is 54.3 Å². The van der Waals surface area contributed by atoms with Gasteiger partial charge in [-0.05, 0) is 67.4 Å². The summed E-state index contributed by atoms with van der Waals surface area (Å²) < 4.78 is 28.9. The average molecular weight is 740 g/mol. The summed E-state index contributed by atoms with van der Waals surface area (Å²) in [6, 6.07) is 14.6. The lowest BCUT2D eigenvalue weighted by molar-refractivity contribution is -0.116. The summed E-state index contributed by atoms with van der Waals surface area (Å²) >= 11 is 0. The van der Waals surface area contributed by atoms with Gasteiger partial charge in [0.25, 0.3) is 11.5 Å². The van der Waals surface area contributed by atoms with E-state index in [9.17, 15) is 28.6 Å². The zero-order chi connectivity index (χ0) is 37.7. The molecule has 0 spiro atoms. The Bertz CT molecular complexity index is 1870. The van der Waals surface area contributed by atoms with E-state index in [4.69, 9.17) is 14.0 Å². The van der Waals surface area contributed by atoms with Gasteiger partial charge in [0.05, 0.1) is 29.6 Å². The molecule has 0 bridgehead atoms. The number of aromatic nitrogens is 2. The number of nitrogens with zero attached hydrogens (tertiary/aromatic N) is 4. The van der Waals surface area contributed by atoms with E-state index in [1.807, 2.05) is 43.3 Å². The van der Waals surface area contributed by atoms with E-state index in [1.54, 1.807) is 24.3 Å². The summed E-state index contributed by atoms with van der Waals surface area (Å²) in [7, 11) is 1.64. The Morgan fingerprint density at radius 1 is 1.02 bits per heavy atom. The fourth-order valence-corrected chi connectivity index (χ4v) is 5.69. The first kappa shape index (κ1) is 40.0. The molecule has 1 saturated heterocycles. The number of carbonyl (C=O) groups is 2. The minimum atomic E-state index is -3.75. The molecular formula is C35H46N7O9P. The van der Waals surface area contributed by atoms with E-state index in [-0.39, 0.29) is 24.5 Å². The number of nitrogens with one attached hydrogen (secondary N) is 3. The second-order valence-electron chi connectivity index (χ2n) is 12.4. The van der Waals surface area contributed by atoms with E-state index in [0.717, 1.165) is 43.7 Å². The number of benzene rings is 2. The van der Waals surface area contributed by atoms with Crippen LogP contribution in [0.5, 0.6) is 0 Å². The van der Waals surface area contributed by atoms with Crippen LogP contribution < -0.4 is 26.8 Å². The second-order valence-corrected chi connectivity index (χ2v) is 14.3. The lowest BCUT2D eigenvalue weighted by Crippen LogP contribution is -2.33. The number of carbonyl (C=O) groups excluding carboxylic acids is 2. The number of amides is 2. The van der Waals surface area contributed by atoms with Crippen LogP contribution in [-0.2, 0) is 23.4 Å². The highest BCUT2D eigenvalue weighted by molar-refractivity contribution is 7.51. The monoisotopic (exact) mass is 739 g/mol. The standard InChI is InChI=1S/C35H46N7O9P/c1-41(2)28-16-14-27(15-17-28)40-39-26-12-9-24(10-13-26)33(44)37-20-8-6-5-7-19-36-31(43)18-11-25-22-42(35(46)38-34(25)45)32-21-29(49-3)30(51-32)23-50-52(4,47)48/h9-18,22,29-30,32H,5-8,19-21,23H2,1-4H3,(H,36,43)(H,37,44)(H,47,48)(H,38,45,46)/b18-11+,40-39+/t29?,30-,32-/m1/s1. The third-order valence-corrected chi connectivity index (χ3v) is 8.77. The summed E-state index contributed by atoms with van der Waals surface area (Å²) in [6.45, 7) is 1.77. The summed E-state index contributed by atoms with van der Waals surface area (Å²) in [5, 5.41) is 14.2. The number of methoxy groups -OCH3 is 1. The third-order valence-electron chi connectivity index (χ3n) is 8.15. The van der Waals surface area contributed by atoms with Crippen molar-refractivity contribution in [1.29, 1.82) is 0 Å². The van der Waals surface area contributed by atoms with Crippen molar-refractivity contribution in [1.82, 2.24) is 20.2 Å². The molecule has 2 amide bonds. The predicted molar refractivity (Wildman–Crippen MR) is 197 cm³/mol. The van der Waals surface area contributed by atoms with Gasteiger partial charge in [-0.25, -0.2) is 4.79 Å². The van der Waals surface area contributed by atoms with Crippen LogP contribution >= 0.6 is 7.60 Å². The fraction of sp³-hybridized carbons (Fsp3) is 0.429. The summed E-state index contributed by atoms with van der Waals surface area (Å²) in [4.78, 5) is 63.5. The summed E-state index contributed by atoms with van der Waals surface area (Å²) in [6.07, 6.45) is 5.15. The van der Waals surface area contributed by atoms with Crippen LogP contribution in [0, 0.1) is 0 Å². The van der Waals surface area contributed by atoms with Gasteiger partial charge in [-0.15, -0.1) is 0 Å². The lowest BCUT2D eigenvalue weighted by Gasteiger charge is -2.18. The van der Waals surface area contributed by atoms with Gasteiger partial charge < -0.3 is 34.4 Å². The van der Waals surface area contributed by atoms with Crippen molar-refractivity contribution in [3.05, 3.63) is 92.8 Å². The van der Waals surface area contributed by atoms with Crippen molar-refractivity contribution in [2.75, 3.05) is 52.5 Å². The van der Waals surface area contributed by atoms with Crippen molar-refractivity contribution in [3.8, 4) is 0 Å². The highest BCUT2D eigenvalue weighted by Gasteiger charge is 2.38. The Balaban J connectivity index is 1.13. The maximum absolute atomic E-state index is 12.5. The minimum Gasteiger partial charge on any atom is -0.378 e. The Morgan fingerprint density at radius 3 is 2.23 bits per heavy atom. The van der Waals surface area contributed by atoms with Crippen molar-refractivity contribution in [2.45, 2.75) is 50.5 Å². The first-order valence-corrected chi connectivity index (χ1v) is 18.9. The zero-order valence-electron chi connectivity index (χ0n) is 29.7. The number of ether oxygens (including phenoxy) is 2. The van der Waals surface area contributed by atoms with Gasteiger partial charge in [-0.3, -0.25) is 28.5 Å². The Morgan fingerprint density at radius 2 is 1.63 bits per heavy atom. The lowest BCUT2D eigenvalue weighted by atomic mass is 10.1. The molecule has 2 unspecified atom stereocenters. The average Bonchev–Trinajstić information content (AvgIpc) is 3.53. The van der Waals surface area contributed by atoms with Crippen LogP contribution in [0.15, 0.2) is 80.6 Å². The van der Waals surface area contributed by atoms with Crippen LogP contribution in [0.25, 0.3) is 6.08 Å². The van der Waals surface area contributed by atoms with Crippen LogP contribution in [-0.4, -0.2) is 86.0 Å². The van der Waals surface area contributed by atoms with Gasteiger partial charge in [0, 0.05) is 70.9 Å². The van der Waals surface area contributed by atoms with Gasteiger partial charge >= 0.3 is 13.3 Å². The van der Waals surface area contributed by atoms with Gasteiger partial charge in [0.2, 0.25) is 5.91 Å². The fourth-order valence-electron chi connectivity index (χ4n) is 5.27. The molecule has 1 aromatic heterocycles. The number of hydrogen-bond donors (Lipinski definition) is 4. The molecule has 52 heavy (non-hydrogen) atoms. The van der Waals surface area contributed by atoms with Gasteiger partial charge in [-0.2, -0.15) is 10.2 Å². The predicted octanol–water partition coefficient (Wildman–Crippen LogP) is 4.27. The number of unbranched alkanes of at least 4 members (excludes halogenated alkanes) is 3. The maximum atomic E-state index is 12.5. The molecule has 1 fully saturated rings. The molecule has 1 aliphatic rings. The first-order valence-electron chi connectivity index (χ1n) is 16.8. The topological polar surface area (TPSA) is 206 Å². The molecule has 0 saturated carbocycles. The van der Waals surface area contributed by atoms with Crippen molar-refractivity contribution >= 4 is 42.5 Å². The molecule has 0 radical (unpaired) electrons. The van der Waals surface area contributed by atoms with E-state index in [0.29, 0.717) is 24.3 Å². The smallest absolute Gasteiger partial charge is 0.330 e. The summed E-state index contributed by atoms with van der Waals surface area (Å²) in [5.41, 5.74) is 1.65. The van der Waals surface area contributed by atoms with Crippen molar-refractivity contribution < 1.29 is 33.0 Å². The number of azo groups is 1. The molecule has 2 aromatic carbocycles. The van der Waals surface area contributed by atoms with E-state index in [2.05, 4.69) is 25.8 Å². The first-order chi connectivity index (χ1) is 24.8. The van der Waals surface area contributed by atoms with Crippen molar-refractivity contribution in [2.24, 2.45) is 10.2 Å². The number of aromatic amines is 1. The molecule has 4 N–H and O–H groups in total. The van der Waals surface area contributed by atoms with Crippen LogP contribution in [0.2, 0.25) is 0 Å². The van der Waals surface area contributed by atoms with Crippen LogP contribution in [0.4, 0.5) is 17.1 Å². The number of H-pyrrole nitrogens is 1. The molecule has 2 heterocycles. The molecule has 3 aromatic rings. The summed E-state index contributed by atoms with van der Waals surface area (Å²) in [5.74, 6) is -0.575. The van der Waals surface area contributed by atoms with Gasteiger partial charge in [-0.1, -0.05) is 12.8 Å². The Hall–Kier alpha value is -4.73.